The molecule has 0 amide bonds. The molecule has 2 saturated carbocycles. The predicted molar refractivity (Wildman–Crippen MR) is 69.0 cm³/mol. The van der Waals surface area contributed by atoms with Gasteiger partial charge in [-0.1, -0.05) is 11.6 Å². The zero-order valence-corrected chi connectivity index (χ0v) is 10.4. The largest absolute Gasteiger partial charge is 0.383 e. The van der Waals surface area contributed by atoms with Gasteiger partial charge >= 0.3 is 0 Å². The van der Waals surface area contributed by atoms with Crippen LogP contribution in [0.15, 0.2) is 18.2 Å². The van der Waals surface area contributed by atoms with Crippen molar-refractivity contribution in [2.75, 3.05) is 11.9 Å². The zero-order valence-electron chi connectivity index (χ0n) is 9.67. The Morgan fingerprint density at radius 3 is 2.76 bits per heavy atom. The van der Waals surface area contributed by atoms with Crippen LogP contribution in [0.1, 0.15) is 31.2 Å². The molecule has 0 atom stereocenters. The van der Waals surface area contributed by atoms with Crippen LogP contribution in [0.25, 0.3) is 0 Å². The minimum Gasteiger partial charge on any atom is -0.383 e. The third kappa shape index (κ3) is 2.12. The van der Waals surface area contributed by atoms with E-state index in [1.54, 1.807) is 12.1 Å². The number of nitriles is 1. The van der Waals surface area contributed by atoms with Crippen LogP contribution in [0, 0.1) is 22.7 Å². The highest BCUT2D eigenvalue weighted by molar-refractivity contribution is 6.30. The van der Waals surface area contributed by atoms with Crippen LogP contribution >= 0.6 is 11.6 Å². The summed E-state index contributed by atoms with van der Waals surface area (Å²) in [5.41, 5.74) is 2.10. The molecule has 0 saturated heterocycles. The van der Waals surface area contributed by atoms with Gasteiger partial charge in [-0.05, 0) is 55.2 Å². The van der Waals surface area contributed by atoms with E-state index in [0.717, 1.165) is 18.2 Å². The van der Waals surface area contributed by atoms with Crippen molar-refractivity contribution in [3.63, 3.8) is 0 Å². The lowest BCUT2D eigenvalue weighted by Gasteiger charge is -2.16. The first-order valence-corrected chi connectivity index (χ1v) is 6.55. The SMILES string of the molecule is N#Cc1ccc(Cl)cc1NCC1(C2CC2)CC1. The fraction of sp³-hybridized carbons (Fsp3) is 0.500. The van der Waals surface area contributed by atoms with Gasteiger partial charge in [-0.15, -0.1) is 0 Å². The van der Waals surface area contributed by atoms with Gasteiger partial charge in [-0.2, -0.15) is 5.26 Å². The van der Waals surface area contributed by atoms with Gasteiger partial charge in [0, 0.05) is 11.6 Å². The van der Waals surface area contributed by atoms with Crippen molar-refractivity contribution in [1.29, 1.82) is 5.26 Å². The molecule has 0 radical (unpaired) electrons. The van der Waals surface area contributed by atoms with Crippen molar-refractivity contribution in [2.45, 2.75) is 25.7 Å². The Morgan fingerprint density at radius 1 is 1.41 bits per heavy atom. The lowest BCUT2D eigenvalue weighted by Crippen LogP contribution is -2.17. The van der Waals surface area contributed by atoms with Crippen LogP contribution in [0.5, 0.6) is 0 Å². The van der Waals surface area contributed by atoms with E-state index in [0.29, 0.717) is 16.0 Å². The smallest absolute Gasteiger partial charge is 0.101 e. The summed E-state index contributed by atoms with van der Waals surface area (Å²) in [7, 11) is 0. The van der Waals surface area contributed by atoms with E-state index in [2.05, 4.69) is 11.4 Å². The molecule has 0 spiro atoms. The second kappa shape index (κ2) is 3.92. The first kappa shape index (κ1) is 10.9. The molecular weight excluding hydrogens is 232 g/mol. The number of benzene rings is 1. The highest BCUT2D eigenvalue weighted by Crippen LogP contribution is 2.61. The molecule has 1 aromatic rings. The van der Waals surface area contributed by atoms with E-state index in [-0.39, 0.29) is 0 Å². The molecule has 17 heavy (non-hydrogen) atoms. The maximum atomic E-state index is 9.04. The molecule has 0 unspecified atom stereocenters. The van der Waals surface area contributed by atoms with Crippen LogP contribution in [-0.2, 0) is 0 Å². The summed E-state index contributed by atoms with van der Waals surface area (Å²) in [5, 5.41) is 13.1. The van der Waals surface area contributed by atoms with E-state index in [4.69, 9.17) is 16.9 Å². The average Bonchev–Trinajstić information content (AvgIpc) is 3.17. The summed E-state index contributed by atoms with van der Waals surface area (Å²) in [4.78, 5) is 0. The van der Waals surface area contributed by atoms with Crippen LogP contribution in [0.2, 0.25) is 5.02 Å². The van der Waals surface area contributed by atoms with Gasteiger partial charge in [0.05, 0.1) is 11.3 Å². The second-order valence-electron chi connectivity index (χ2n) is 5.29. The third-order valence-electron chi connectivity index (χ3n) is 4.07. The molecule has 1 aromatic carbocycles. The van der Waals surface area contributed by atoms with Crippen LogP contribution in [0.4, 0.5) is 5.69 Å². The number of halogens is 1. The molecule has 0 aliphatic heterocycles. The third-order valence-corrected chi connectivity index (χ3v) is 4.30. The zero-order chi connectivity index (χ0) is 11.9. The van der Waals surface area contributed by atoms with Crippen LogP contribution < -0.4 is 5.32 Å². The molecule has 2 aliphatic rings. The average molecular weight is 247 g/mol. The molecule has 1 N–H and O–H groups in total. The highest BCUT2D eigenvalue weighted by Gasteiger charge is 2.53. The van der Waals surface area contributed by atoms with Gasteiger partial charge in [0.1, 0.15) is 6.07 Å². The second-order valence-corrected chi connectivity index (χ2v) is 5.73. The van der Waals surface area contributed by atoms with Gasteiger partial charge in [0.15, 0.2) is 0 Å². The van der Waals surface area contributed by atoms with E-state index in [1.807, 2.05) is 6.07 Å². The minimum atomic E-state index is 0.537. The van der Waals surface area contributed by atoms with Crippen molar-refractivity contribution in [3.8, 4) is 6.07 Å². The first-order chi connectivity index (χ1) is 8.23. The summed E-state index contributed by atoms with van der Waals surface area (Å²) in [6.45, 7) is 0.993. The summed E-state index contributed by atoms with van der Waals surface area (Å²) < 4.78 is 0. The summed E-state index contributed by atoms with van der Waals surface area (Å²) in [6.07, 6.45) is 5.46. The number of nitrogens with zero attached hydrogens (tertiary/aromatic N) is 1. The lowest BCUT2D eigenvalue weighted by atomic mass is 10.0. The number of anilines is 1. The van der Waals surface area contributed by atoms with Crippen LogP contribution in [-0.4, -0.2) is 6.54 Å². The molecule has 2 fully saturated rings. The molecule has 3 heteroatoms. The minimum absolute atomic E-state index is 0.537. The summed E-state index contributed by atoms with van der Waals surface area (Å²) in [6, 6.07) is 7.60. The number of hydrogen-bond donors (Lipinski definition) is 1. The highest BCUT2D eigenvalue weighted by atomic mass is 35.5. The number of hydrogen-bond acceptors (Lipinski definition) is 2. The van der Waals surface area contributed by atoms with E-state index < -0.39 is 0 Å². The van der Waals surface area contributed by atoms with Crippen molar-refractivity contribution in [3.05, 3.63) is 28.8 Å². The molecule has 2 aliphatic carbocycles. The maximum absolute atomic E-state index is 9.04. The molecule has 0 bridgehead atoms. The lowest BCUT2D eigenvalue weighted by molar-refractivity contribution is 0.467. The number of rotatable bonds is 4. The topological polar surface area (TPSA) is 35.8 Å². The Labute approximate surface area is 107 Å². The van der Waals surface area contributed by atoms with Crippen LogP contribution in [0.3, 0.4) is 0 Å². The summed E-state index contributed by atoms with van der Waals surface area (Å²) in [5.74, 6) is 0.930. The Hall–Kier alpha value is -1.20. The molecule has 88 valence electrons. The Kier molecular flexibility index (Phi) is 2.52. The monoisotopic (exact) mass is 246 g/mol. The Balaban J connectivity index is 1.72. The summed E-state index contributed by atoms with van der Waals surface area (Å²) >= 11 is 5.96. The van der Waals surface area contributed by atoms with E-state index >= 15 is 0 Å². The van der Waals surface area contributed by atoms with Crippen molar-refractivity contribution in [1.82, 2.24) is 0 Å². The Morgan fingerprint density at radius 2 is 2.18 bits per heavy atom. The van der Waals surface area contributed by atoms with Gasteiger partial charge in [0.2, 0.25) is 0 Å². The van der Waals surface area contributed by atoms with Gasteiger partial charge in [0.25, 0.3) is 0 Å². The van der Waals surface area contributed by atoms with Crippen molar-refractivity contribution >= 4 is 17.3 Å². The fourth-order valence-electron chi connectivity index (χ4n) is 2.62. The first-order valence-electron chi connectivity index (χ1n) is 6.17. The maximum Gasteiger partial charge on any atom is 0.101 e. The predicted octanol–water partition coefficient (Wildman–Crippen LogP) is 3.81. The van der Waals surface area contributed by atoms with Gasteiger partial charge in [-0.25, -0.2) is 0 Å². The molecule has 2 nitrogen and oxygen atoms in total. The normalized spacial score (nSPS) is 20.7. The van der Waals surface area contributed by atoms with E-state index in [9.17, 15) is 0 Å². The number of nitrogens with one attached hydrogen (secondary N) is 1. The fourth-order valence-corrected chi connectivity index (χ4v) is 2.79. The molecule has 3 rings (SSSR count). The van der Waals surface area contributed by atoms with Crippen molar-refractivity contribution < 1.29 is 0 Å². The Bertz CT molecular complexity index is 481. The van der Waals surface area contributed by atoms with Gasteiger partial charge in [-0.3, -0.25) is 0 Å². The molecule has 0 heterocycles. The van der Waals surface area contributed by atoms with E-state index in [1.165, 1.54) is 25.7 Å². The molecular formula is C14H15ClN2. The van der Waals surface area contributed by atoms with Gasteiger partial charge < -0.3 is 5.32 Å². The standard InChI is InChI=1S/C14H15ClN2/c15-12-4-1-10(8-16)13(7-12)17-9-14(5-6-14)11-2-3-11/h1,4,7,11,17H,2-3,5-6,9H2. The molecule has 0 aromatic heterocycles. The quantitative estimate of drug-likeness (QED) is 0.877. The van der Waals surface area contributed by atoms with Crippen molar-refractivity contribution in [2.24, 2.45) is 11.3 Å².